The molecule has 0 heterocycles. The maximum Gasteiger partial charge on any atom is 0.182 e. The van der Waals surface area contributed by atoms with Crippen LogP contribution in [-0.2, 0) is 14.4 Å². The molecule has 0 fully saturated rings. The van der Waals surface area contributed by atoms with Crippen molar-refractivity contribution in [3.63, 3.8) is 0 Å². The van der Waals surface area contributed by atoms with E-state index in [0.29, 0.717) is 12.0 Å². The molecule has 0 radical (unpaired) electrons. The van der Waals surface area contributed by atoms with Crippen LogP contribution in [-0.4, -0.2) is 17.9 Å². The van der Waals surface area contributed by atoms with Crippen molar-refractivity contribution < 1.29 is 14.4 Å². The highest BCUT2D eigenvalue weighted by Gasteiger charge is 2.11. The molecule has 1 aliphatic rings. The topological polar surface area (TPSA) is 51.2 Å². The molecule has 0 saturated heterocycles. The highest BCUT2D eigenvalue weighted by Crippen LogP contribution is 2.18. The van der Waals surface area contributed by atoms with Gasteiger partial charge in [0.1, 0.15) is 6.29 Å². The fourth-order valence-corrected chi connectivity index (χ4v) is 5.56. The molecule has 0 aromatic heterocycles. The van der Waals surface area contributed by atoms with E-state index in [1.165, 1.54) is 57.2 Å². The fraction of sp³-hybridized carbons (Fsp3) is 0.500. The minimum Gasteiger partial charge on any atom is -0.298 e. The van der Waals surface area contributed by atoms with Crippen LogP contribution >= 0.6 is 0 Å². The number of hydrogen-bond acceptors (Lipinski definition) is 3. The molecule has 3 heteroatoms. The Balaban J connectivity index is 2.30. The molecule has 0 unspecified atom stereocenters. The molecule has 0 amide bonds. The second kappa shape index (κ2) is 26.3. The molecule has 1 rings (SSSR count). The molecule has 0 atom stereocenters. The van der Waals surface area contributed by atoms with Crippen LogP contribution in [0.4, 0.5) is 0 Å². The highest BCUT2D eigenvalue weighted by atomic mass is 16.1. The van der Waals surface area contributed by atoms with Crippen LogP contribution < -0.4 is 0 Å². The molecule has 0 N–H and O–H groups in total. The van der Waals surface area contributed by atoms with E-state index < -0.39 is 0 Å². The third-order valence-corrected chi connectivity index (χ3v) is 8.94. The lowest BCUT2D eigenvalue weighted by Gasteiger charge is -2.05. The Bertz CT molecular complexity index is 1390. The minimum atomic E-state index is -0.107. The Hall–Kier alpha value is -3.59. The maximum absolute atomic E-state index is 11.9. The lowest BCUT2D eigenvalue weighted by molar-refractivity contribution is -0.114. The molecule has 0 aromatic carbocycles. The van der Waals surface area contributed by atoms with Crippen molar-refractivity contribution in [1.82, 2.24) is 0 Å². The van der Waals surface area contributed by atoms with Crippen molar-refractivity contribution in [1.29, 1.82) is 0 Å². The maximum atomic E-state index is 11.9. The van der Waals surface area contributed by atoms with Crippen LogP contribution in [0.2, 0.25) is 0 Å². The predicted molar refractivity (Wildman–Crippen MR) is 213 cm³/mol. The molecule has 268 valence electrons. The smallest absolute Gasteiger partial charge is 0.182 e. The van der Waals surface area contributed by atoms with Gasteiger partial charge in [-0.1, -0.05) is 87.6 Å². The molecule has 0 aromatic rings. The second-order valence-corrected chi connectivity index (χ2v) is 14.2. The summed E-state index contributed by atoms with van der Waals surface area (Å²) in [6.07, 6.45) is 38.3. The van der Waals surface area contributed by atoms with E-state index in [1.54, 1.807) is 0 Å². The average molecular weight is 667 g/mol. The molecule has 3 nitrogen and oxygen atoms in total. The average Bonchev–Trinajstić information content (AvgIpc) is 3.04. The van der Waals surface area contributed by atoms with Gasteiger partial charge in [-0.05, 0) is 176 Å². The van der Waals surface area contributed by atoms with E-state index in [2.05, 4.69) is 104 Å². The SMILES string of the molecule is CC(C)=CCCC(C)=CCCC(C)=CCCC(C=O)=CCCC(C)=CCCC(C)=CCCC(C)=CCCC(C)=CCC1=CC(=O)C=CC1=O. The molecule has 0 bridgehead atoms. The summed E-state index contributed by atoms with van der Waals surface area (Å²) in [7, 11) is 0. The Morgan fingerprint density at radius 2 is 0.837 bits per heavy atom. The summed E-state index contributed by atoms with van der Waals surface area (Å²) in [6.45, 7) is 17.5. The van der Waals surface area contributed by atoms with E-state index in [-0.39, 0.29) is 11.6 Å². The molecule has 0 aliphatic heterocycles. The normalized spacial score (nSPS) is 15.6. The van der Waals surface area contributed by atoms with Gasteiger partial charge < -0.3 is 0 Å². The van der Waals surface area contributed by atoms with Crippen molar-refractivity contribution in [2.45, 2.75) is 152 Å². The molecule has 1 aliphatic carbocycles. The van der Waals surface area contributed by atoms with Gasteiger partial charge >= 0.3 is 0 Å². The van der Waals surface area contributed by atoms with Crippen LogP contribution in [0.3, 0.4) is 0 Å². The predicted octanol–water partition coefficient (Wildman–Crippen LogP) is 13.2. The van der Waals surface area contributed by atoms with Gasteiger partial charge in [-0.15, -0.1) is 0 Å². The quantitative estimate of drug-likeness (QED) is 0.0446. The number of allylic oxidation sites excluding steroid dienone is 20. The first-order chi connectivity index (χ1) is 23.4. The second-order valence-electron chi connectivity index (χ2n) is 14.2. The van der Waals surface area contributed by atoms with Gasteiger partial charge in [0.15, 0.2) is 11.6 Å². The summed E-state index contributed by atoms with van der Waals surface area (Å²) in [5.41, 5.74) is 11.3. The Morgan fingerprint density at radius 3 is 1.24 bits per heavy atom. The van der Waals surface area contributed by atoms with Crippen molar-refractivity contribution in [3.05, 3.63) is 117 Å². The van der Waals surface area contributed by atoms with Gasteiger partial charge in [0.25, 0.3) is 0 Å². The number of hydrogen-bond donors (Lipinski definition) is 0. The first-order valence-corrected chi connectivity index (χ1v) is 18.6. The summed E-state index contributed by atoms with van der Waals surface area (Å²) in [6, 6.07) is 0. The summed E-state index contributed by atoms with van der Waals surface area (Å²) in [5, 5.41) is 0. The lowest BCUT2D eigenvalue weighted by atomic mass is 9.98. The monoisotopic (exact) mass is 667 g/mol. The standard InChI is InChI=1S/C46H66O3/c1-36(2)16-9-17-37(3)18-10-22-40(6)26-14-28-43(35-47)29-15-27-41(7)23-12-21-38(4)19-11-20-39(5)24-13-25-42(8)30-31-44-34-45(48)32-33-46(44)49/h16,18-19,23-24,26,29-30,32-35H,9-15,17,20-22,25,27-28,31H2,1-8H3. The summed E-state index contributed by atoms with van der Waals surface area (Å²) < 4.78 is 0. The van der Waals surface area contributed by atoms with Crippen molar-refractivity contribution in [2.24, 2.45) is 0 Å². The Morgan fingerprint density at radius 1 is 0.469 bits per heavy atom. The van der Waals surface area contributed by atoms with Crippen LogP contribution in [0.25, 0.3) is 0 Å². The fourth-order valence-electron chi connectivity index (χ4n) is 5.56. The first-order valence-electron chi connectivity index (χ1n) is 18.6. The van der Waals surface area contributed by atoms with E-state index in [0.717, 1.165) is 102 Å². The van der Waals surface area contributed by atoms with Crippen LogP contribution in [0.5, 0.6) is 0 Å². The first kappa shape index (κ1) is 43.4. The number of aldehydes is 1. The van der Waals surface area contributed by atoms with Crippen molar-refractivity contribution in [3.8, 4) is 0 Å². The third-order valence-electron chi connectivity index (χ3n) is 8.94. The Labute approximate surface area is 300 Å². The van der Waals surface area contributed by atoms with Gasteiger partial charge in [-0.3, -0.25) is 14.4 Å². The number of ketones is 2. The summed E-state index contributed by atoms with van der Waals surface area (Å²) in [4.78, 5) is 35.0. The number of carbonyl (C=O) groups excluding carboxylic acids is 3. The van der Waals surface area contributed by atoms with E-state index in [1.807, 2.05) is 0 Å². The van der Waals surface area contributed by atoms with E-state index >= 15 is 0 Å². The van der Waals surface area contributed by atoms with Gasteiger partial charge in [-0.25, -0.2) is 0 Å². The van der Waals surface area contributed by atoms with E-state index in [9.17, 15) is 14.4 Å². The van der Waals surface area contributed by atoms with Crippen LogP contribution in [0.1, 0.15) is 152 Å². The summed E-state index contributed by atoms with van der Waals surface area (Å²) in [5.74, 6) is -0.170. The van der Waals surface area contributed by atoms with E-state index in [4.69, 9.17) is 0 Å². The van der Waals surface area contributed by atoms with Gasteiger partial charge in [0, 0.05) is 5.57 Å². The van der Waals surface area contributed by atoms with Gasteiger partial charge in [-0.2, -0.15) is 0 Å². The molecule has 0 spiro atoms. The zero-order valence-corrected chi connectivity index (χ0v) is 32.3. The van der Waals surface area contributed by atoms with Crippen LogP contribution in [0, 0.1) is 0 Å². The van der Waals surface area contributed by atoms with Crippen molar-refractivity contribution >= 4 is 17.9 Å². The lowest BCUT2D eigenvalue weighted by Crippen LogP contribution is -2.06. The van der Waals surface area contributed by atoms with Crippen LogP contribution in [0.15, 0.2) is 117 Å². The molecular weight excluding hydrogens is 601 g/mol. The molecular formula is C46H66O3. The molecule has 0 saturated carbocycles. The van der Waals surface area contributed by atoms with Gasteiger partial charge in [0.2, 0.25) is 0 Å². The van der Waals surface area contributed by atoms with Gasteiger partial charge in [0.05, 0.1) is 0 Å². The zero-order valence-electron chi connectivity index (χ0n) is 32.3. The largest absolute Gasteiger partial charge is 0.298 e. The minimum absolute atomic E-state index is 0.0631. The number of carbonyl (C=O) groups is 3. The number of rotatable bonds is 24. The zero-order chi connectivity index (χ0) is 36.4. The summed E-state index contributed by atoms with van der Waals surface area (Å²) >= 11 is 0. The highest BCUT2D eigenvalue weighted by molar-refractivity contribution is 6.17. The Kier molecular flexibility index (Phi) is 23.3. The third kappa shape index (κ3) is 23.4. The molecule has 49 heavy (non-hydrogen) atoms. The van der Waals surface area contributed by atoms with Crippen molar-refractivity contribution in [2.75, 3.05) is 0 Å².